The molecule has 0 rings (SSSR count). The van der Waals surface area contributed by atoms with E-state index in [-0.39, 0.29) is 31.1 Å². The first-order valence-electron chi connectivity index (χ1n) is 27.4. The quantitative estimate of drug-likeness (QED) is 0.0344. The van der Waals surface area contributed by atoms with Gasteiger partial charge < -0.3 is 14.2 Å². The second-order valence-corrected chi connectivity index (χ2v) is 19.3. The highest BCUT2D eigenvalue weighted by molar-refractivity contribution is 5.71. The first-order valence-corrected chi connectivity index (χ1v) is 27.4. The van der Waals surface area contributed by atoms with Crippen LogP contribution in [0.2, 0.25) is 0 Å². The lowest BCUT2D eigenvalue weighted by Crippen LogP contribution is -2.30. The number of carbonyl (C=O) groups excluding carboxylic acids is 3. The van der Waals surface area contributed by atoms with Gasteiger partial charge in [-0.25, -0.2) is 0 Å². The van der Waals surface area contributed by atoms with Crippen LogP contribution in [0.3, 0.4) is 0 Å². The molecule has 0 N–H and O–H groups in total. The first kappa shape index (κ1) is 59.4. The topological polar surface area (TPSA) is 78.9 Å². The van der Waals surface area contributed by atoms with E-state index in [4.69, 9.17) is 14.2 Å². The lowest BCUT2D eigenvalue weighted by Gasteiger charge is -2.18. The third-order valence-electron chi connectivity index (χ3n) is 12.5. The van der Waals surface area contributed by atoms with Crippen molar-refractivity contribution in [3.63, 3.8) is 0 Å². The Labute approximate surface area is 380 Å². The van der Waals surface area contributed by atoms with E-state index in [0.29, 0.717) is 19.3 Å². The zero-order chi connectivity index (χ0) is 44.5. The average Bonchev–Trinajstić information content (AvgIpc) is 3.24. The molecule has 0 aliphatic carbocycles. The minimum absolute atomic E-state index is 0.0625. The van der Waals surface area contributed by atoms with Crippen LogP contribution in [0.1, 0.15) is 310 Å². The highest BCUT2D eigenvalue weighted by Gasteiger charge is 2.19. The maximum absolute atomic E-state index is 12.8. The van der Waals surface area contributed by atoms with Gasteiger partial charge in [-0.1, -0.05) is 272 Å². The summed E-state index contributed by atoms with van der Waals surface area (Å²) in [6, 6.07) is 0. The average molecular weight is 863 g/mol. The zero-order valence-electron chi connectivity index (χ0n) is 41.6. The van der Waals surface area contributed by atoms with Gasteiger partial charge in [-0.05, 0) is 25.2 Å². The third kappa shape index (κ3) is 49.3. The van der Waals surface area contributed by atoms with Gasteiger partial charge in [-0.15, -0.1) is 0 Å². The van der Waals surface area contributed by atoms with Gasteiger partial charge in [0.25, 0.3) is 0 Å². The van der Waals surface area contributed by atoms with Gasteiger partial charge in [0.15, 0.2) is 6.10 Å². The van der Waals surface area contributed by atoms with E-state index in [1.54, 1.807) is 0 Å². The van der Waals surface area contributed by atoms with Gasteiger partial charge in [-0.3, -0.25) is 14.4 Å². The second-order valence-electron chi connectivity index (χ2n) is 19.3. The van der Waals surface area contributed by atoms with Crippen LogP contribution in [-0.2, 0) is 28.6 Å². The number of esters is 3. The standard InChI is InChI=1S/C55H106O6/c1-5-7-9-11-13-15-17-19-21-23-24-26-30-34-38-42-46-53(56)59-49-52(50-60-54(57)47-43-39-35-32-28-29-33-37-41-45-51(3)4)61-55(58)48-44-40-36-31-27-25-22-20-18-16-14-12-10-8-6-2/h51-52H,5-50H2,1-4H3/t52-/m0/s1. The van der Waals surface area contributed by atoms with E-state index >= 15 is 0 Å². The number of unbranched alkanes of at least 4 members (excludes halogenated alkanes) is 37. The summed E-state index contributed by atoms with van der Waals surface area (Å²) in [7, 11) is 0. The lowest BCUT2D eigenvalue weighted by atomic mass is 10.0. The minimum atomic E-state index is -0.761. The summed E-state index contributed by atoms with van der Waals surface area (Å²) < 4.78 is 16.8. The van der Waals surface area contributed by atoms with Crippen LogP contribution in [0.5, 0.6) is 0 Å². The molecule has 0 heterocycles. The summed E-state index contributed by atoms with van der Waals surface area (Å²) >= 11 is 0. The number of hydrogen-bond donors (Lipinski definition) is 0. The molecule has 0 aromatic heterocycles. The fourth-order valence-corrected chi connectivity index (χ4v) is 8.39. The molecule has 0 saturated heterocycles. The van der Waals surface area contributed by atoms with Gasteiger partial charge in [0.1, 0.15) is 13.2 Å². The summed E-state index contributed by atoms with van der Waals surface area (Å²) in [5.41, 5.74) is 0. The Balaban J connectivity index is 4.29. The summed E-state index contributed by atoms with van der Waals surface area (Å²) in [4.78, 5) is 38.0. The number of carbonyl (C=O) groups is 3. The Kier molecular flexibility index (Phi) is 48.1. The molecule has 0 unspecified atom stereocenters. The van der Waals surface area contributed by atoms with Crippen molar-refractivity contribution in [1.29, 1.82) is 0 Å². The minimum Gasteiger partial charge on any atom is -0.462 e. The molecule has 1 atom stereocenters. The number of ether oxygens (including phenoxy) is 3. The zero-order valence-corrected chi connectivity index (χ0v) is 41.6. The van der Waals surface area contributed by atoms with Crippen LogP contribution in [0.25, 0.3) is 0 Å². The van der Waals surface area contributed by atoms with E-state index in [1.807, 2.05) is 0 Å². The Morgan fingerprint density at radius 3 is 0.803 bits per heavy atom. The van der Waals surface area contributed by atoms with E-state index in [2.05, 4.69) is 27.7 Å². The Hall–Kier alpha value is -1.59. The maximum Gasteiger partial charge on any atom is 0.306 e. The van der Waals surface area contributed by atoms with Gasteiger partial charge in [0, 0.05) is 19.3 Å². The van der Waals surface area contributed by atoms with E-state index in [0.717, 1.165) is 63.7 Å². The Bertz CT molecular complexity index is 918. The first-order chi connectivity index (χ1) is 29.9. The fraction of sp³-hybridized carbons (Fsp3) is 0.945. The van der Waals surface area contributed by atoms with Crippen molar-refractivity contribution in [2.75, 3.05) is 13.2 Å². The van der Waals surface area contributed by atoms with Crippen molar-refractivity contribution in [3.05, 3.63) is 0 Å². The molecule has 0 radical (unpaired) electrons. The molecule has 0 aliphatic heterocycles. The van der Waals surface area contributed by atoms with Gasteiger partial charge in [0.05, 0.1) is 0 Å². The molecule has 6 nitrogen and oxygen atoms in total. The predicted octanol–water partition coefficient (Wildman–Crippen LogP) is 17.8. The van der Waals surface area contributed by atoms with Crippen molar-refractivity contribution in [2.45, 2.75) is 316 Å². The van der Waals surface area contributed by atoms with Crippen LogP contribution < -0.4 is 0 Å². The second kappa shape index (κ2) is 49.4. The third-order valence-corrected chi connectivity index (χ3v) is 12.5. The van der Waals surface area contributed by atoms with Crippen molar-refractivity contribution in [2.24, 2.45) is 5.92 Å². The van der Waals surface area contributed by atoms with Crippen LogP contribution in [-0.4, -0.2) is 37.2 Å². The van der Waals surface area contributed by atoms with E-state index in [1.165, 1.54) is 205 Å². The molecule has 0 saturated carbocycles. The molecule has 0 aliphatic rings. The highest BCUT2D eigenvalue weighted by atomic mass is 16.6. The summed E-state index contributed by atoms with van der Waals surface area (Å²) in [6.45, 7) is 9.02. The van der Waals surface area contributed by atoms with Crippen LogP contribution in [0.4, 0.5) is 0 Å². The maximum atomic E-state index is 12.8. The monoisotopic (exact) mass is 863 g/mol. The molecule has 0 bridgehead atoms. The van der Waals surface area contributed by atoms with Gasteiger partial charge in [0.2, 0.25) is 0 Å². The molecule has 0 aromatic carbocycles. The smallest absolute Gasteiger partial charge is 0.306 e. The van der Waals surface area contributed by atoms with E-state index < -0.39 is 6.10 Å². The lowest BCUT2D eigenvalue weighted by molar-refractivity contribution is -0.167. The highest BCUT2D eigenvalue weighted by Crippen LogP contribution is 2.17. The van der Waals surface area contributed by atoms with Crippen molar-refractivity contribution >= 4 is 17.9 Å². The molecule has 6 heteroatoms. The largest absolute Gasteiger partial charge is 0.462 e. The normalized spacial score (nSPS) is 12.0. The van der Waals surface area contributed by atoms with Gasteiger partial charge in [-0.2, -0.15) is 0 Å². The summed E-state index contributed by atoms with van der Waals surface area (Å²) in [5, 5.41) is 0. The fourth-order valence-electron chi connectivity index (χ4n) is 8.39. The molecular formula is C55H106O6. The van der Waals surface area contributed by atoms with Crippen molar-refractivity contribution in [1.82, 2.24) is 0 Å². The van der Waals surface area contributed by atoms with Crippen LogP contribution >= 0.6 is 0 Å². The number of hydrogen-bond acceptors (Lipinski definition) is 6. The molecular weight excluding hydrogens is 757 g/mol. The van der Waals surface area contributed by atoms with Crippen molar-refractivity contribution < 1.29 is 28.6 Å². The molecule has 362 valence electrons. The summed E-state index contributed by atoms with van der Waals surface area (Å²) in [6.07, 6.45) is 52.3. The molecule has 0 amide bonds. The molecule has 0 spiro atoms. The molecule has 0 fully saturated rings. The Morgan fingerprint density at radius 2 is 0.541 bits per heavy atom. The summed E-state index contributed by atoms with van der Waals surface area (Å²) in [5.74, 6) is -0.0321. The number of rotatable bonds is 50. The van der Waals surface area contributed by atoms with E-state index in [9.17, 15) is 14.4 Å². The van der Waals surface area contributed by atoms with Crippen molar-refractivity contribution in [3.8, 4) is 0 Å². The van der Waals surface area contributed by atoms with Crippen LogP contribution in [0, 0.1) is 5.92 Å². The van der Waals surface area contributed by atoms with Gasteiger partial charge >= 0.3 is 17.9 Å². The Morgan fingerprint density at radius 1 is 0.311 bits per heavy atom. The molecule has 0 aromatic rings. The predicted molar refractivity (Wildman–Crippen MR) is 261 cm³/mol. The SMILES string of the molecule is CCCCCCCCCCCCCCCCCCC(=O)OC[C@@H](COC(=O)CCCCCCCCCCCC(C)C)OC(=O)CCCCCCCCCCCCCCCCC. The van der Waals surface area contributed by atoms with Crippen LogP contribution in [0.15, 0.2) is 0 Å². The molecule has 61 heavy (non-hydrogen) atoms.